The SMILES string of the molecule is Cc1ccc(C)c(CNS(=O)(=O)N2CC2)c1. The van der Waals surface area contributed by atoms with Gasteiger partial charge in [0.1, 0.15) is 0 Å². The summed E-state index contributed by atoms with van der Waals surface area (Å²) >= 11 is 0. The molecule has 1 aliphatic heterocycles. The molecule has 0 radical (unpaired) electrons. The summed E-state index contributed by atoms with van der Waals surface area (Å²) in [6.07, 6.45) is 0. The van der Waals surface area contributed by atoms with Crippen molar-refractivity contribution in [3.8, 4) is 0 Å². The molecule has 2 rings (SSSR count). The molecule has 88 valence electrons. The predicted octanol–water partition coefficient (Wildman–Crippen LogP) is 0.953. The van der Waals surface area contributed by atoms with Crippen LogP contribution in [0.2, 0.25) is 0 Å². The van der Waals surface area contributed by atoms with E-state index in [1.165, 1.54) is 4.31 Å². The van der Waals surface area contributed by atoms with Crippen LogP contribution in [-0.2, 0) is 16.8 Å². The van der Waals surface area contributed by atoms with Gasteiger partial charge in [-0.3, -0.25) is 0 Å². The Kier molecular flexibility index (Phi) is 3.01. The first kappa shape index (κ1) is 11.6. The van der Waals surface area contributed by atoms with E-state index in [1.54, 1.807) is 0 Å². The summed E-state index contributed by atoms with van der Waals surface area (Å²) in [5.41, 5.74) is 3.29. The highest BCUT2D eigenvalue weighted by Gasteiger charge is 2.31. The van der Waals surface area contributed by atoms with Crippen LogP contribution in [-0.4, -0.2) is 25.8 Å². The molecular weight excluding hydrogens is 224 g/mol. The van der Waals surface area contributed by atoms with E-state index in [9.17, 15) is 8.42 Å². The van der Waals surface area contributed by atoms with Gasteiger partial charge < -0.3 is 0 Å². The maximum Gasteiger partial charge on any atom is 0.279 e. The van der Waals surface area contributed by atoms with Crippen LogP contribution >= 0.6 is 0 Å². The molecule has 0 bridgehead atoms. The normalized spacial score (nSPS) is 16.4. The van der Waals surface area contributed by atoms with Gasteiger partial charge in [0.05, 0.1) is 0 Å². The van der Waals surface area contributed by atoms with Gasteiger partial charge in [0.15, 0.2) is 0 Å². The molecule has 0 aliphatic carbocycles. The standard InChI is InChI=1S/C11H16N2O2S/c1-9-3-4-10(2)11(7-9)8-12-16(14,15)13-5-6-13/h3-4,7,12H,5-6,8H2,1-2H3. The Morgan fingerprint density at radius 1 is 1.31 bits per heavy atom. The molecule has 0 unspecified atom stereocenters. The van der Waals surface area contributed by atoms with Gasteiger partial charge in [-0.15, -0.1) is 0 Å². The van der Waals surface area contributed by atoms with E-state index < -0.39 is 10.2 Å². The average Bonchev–Trinajstić information content (AvgIpc) is 3.03. The lowest BCUT2D eigenvalue weighted by Crippen LogP contribution is -2.29. The second-order valence-corrected chi connectivity index (χ2v) is 5.91. The van der Waals surface area contributed by atoms with Crippen LogP contribution in [0, 0.1) is 13.8 Å². The number of aryl methyl sites for hydroxylation is 2. The monoisotopic (exact) mass is 240 g/mol. The molecule has 0 amide bonds. The Bertz CT molecular complexity index is 493. The van der Waals surface area contributed by atoms with Gasteiger partial charge in [0.2, 0.25) is 0 Å². The van der Waals surface area contributed by atoms with Crippen molar-refractivity contribution >= 4 is 10.2 Å². The molecule has 1 N–H and O–H groups in total. The van der Waals surface area contributed by atoms with Crippen molar-refractivity contribution in [2.24, 2.45) is 0 Å². The molecule has 4 nitrogen and oxygen atoms in total. The lowest BCUT2D eigenvalue weighted by atomic mass is 10.1. The molecule has 0 spiro atoms. The topological polar surface area (TPSA) is 49.2 Å². The highest BCUT2D eigenvalue weighted by Crippen LogP contribution is 2.13. The summed E-state index contributed by atoms with van der Waals surface area (Å²) in [6, 6.07) is 6.05. The average molecular weight is 240 g/mol. The summed E-state index contributed by atoms with van der Waals surface area (Å²) in [6.45, 7) is 5.64. The first-order valence-electron chi connectivity index (χ1n) is 5.30. The minimum atomic E-state index is -3.23. The molecular formula is C11H16N2O2S. The van der Waals surface area contributed by atoms with Crippen LogP contribution in [0.15, 0.2) is 18.2 Å². The molecule has 0 aromatic heterocycles. The Morgan fingerprint density at radius 2 is 2.00 bits per heavy atom. The Labute approximate surface area is 96.5 Å². The number of nitrogens with zero attached hydrogens (tertiary/aromatic N) is 1. The second-order valence-electron chi connectivity index (χ2n) is 4.16. The van der Waals surface area contributed by atoms with Crippen molar-refractivity contribution in [3.05, 3.63) is 34.9 Å². The van der Waals surface area contributed by atoms with Gasteiger partial charge in [0.25, 0.3) is 10.2 Å². The van der Waals surface area contributed by atoms with E-state index >= 15 is 0 Å². The van der Waals surface area contributed by atoms with Crippen molar-refractivity contribution in [2.75, 3.05) is 13.1 Å². The molecule has 5 heteroatoms. The number of benzene rings is 1. The summed E-state index contributed by atoms with van der Waals surface area (Å²) in [7, 11) is -3.23. The largest absolute Gasteiger partial charge is 0.279 e. The lowest BCUT2D eigenvalue weighted by molar-refractivity contribution is 0.546. The quantitative estimate of drug-likeness (QED) is 0.797. The molecule has 1 fully saturated rings. The molecule has 1 heterocycles. The number of hydrogen-bond acceptors (Lipinski definition) is 2. The van der Waals surface area contributed by atoms with E-state index in [1.807, 2.05) is 32.0 Å². The minimum absolute atomic E-state index is 0.367. The lowest BCUT2D eigenvalue weighted by Gasteiger charge is -2.09. The molecule has 0 atom stereocenters. The van der Waals surface area contributed by atoms with Gasteiger partial charge in [-0.1, -0.05) is 23.8 Å². The van der Waals surface area contributed by atoms with E-state index in [2.05, 4.69) is 4.72 Å². The summed E-state index contributed by atoms with van der Waals surface area (Å²) in [5, 5.41) is 0. The summed E-state index contributed by atoms with van der Waals surface area (Å²) in [4.78, 5) is 0. The van der Waals surface area contributed by atoms with Gasteiger partial charge in [-0.05, 0) is 25.0 Å². The molecule has 1 aromatic carbocycles. The first-order chi connectivity index (χ1) is 7.49. The molecule has 0 saturated carbocycles. The van der Waals surface area contributed by atoms with Crippen molar-refractivity contribution in [3.63, 3.8) is 0 Å². The maximum absolute atomic E-state index is 11.6. The zero-order valence-corrected chi connectivity index (χ0v) is 10.3. The van der Waals surface area contributed by atoms with Crippen LogP contribution in [0.4, 0.5) is 0 Å². The van der Waals surface area contributed by atoms with Crippen LogP contribution < -0.4 is 4.72 Å². The number of nitrogens with one attached hydrogen (secondary N) is 1. The predicted molar refractivity (Wildman–Crippen MR) is 63.2 cm³/mol. The fourth-order valence-corrected chi connectivity index (χ4v) is 2.61. The molecule has 16 heavy (non-hydrogen) atoms. The maximum atomic E-state index is 11.6. The van der Waals surface area contributed by atoms with Crippen LogP contribution in [0.25, 0.3) is 0 Å². The molecule has 1 aliphatic rings. The smallest absolute Gasteiger partial charge is 0.198 e. The Balaban J connectivity index is 2.07. The van der Waals surface area contributed by atoms with Gasteiger partial charge in [0, 0.05) is 19.6 Å². The van der Waals surface area contributed by atoms with Crippen LogP contribution in [0.3, 0.4) is 0 Å². The van der Waals surface area contributed by atoms with Crippen molar-refractivity contribution in [1.82, 2.24) is 9.03 Å². The third-order valence-electron chi connectivity index (χ3n) is 2.70. The second kappa shape index (κ2) is 4.16. The third-order valence-corrected chi connectivity index (χ3v) is 4.25. The molecule has 1 saturated heterocycles. The zero-order chi connectivity index (χ0) is 11.8. The summed E-state index contributed by atoms with van der Waals surface area (Å²) < 4.78 is 27.2. The fraction of sp³-hybridized carbons (Fsp3) is 0.455. The van der Waals surface area contributed by atoms with E-state index in [-0.39, 0.29) is 0 Å². The summed E-state index contributed by atoms with van der Waals surface area (Å²) in [5.74, 6) is 0. The zero-order valence-electron chi connectivity index (χ0n) is 9.53. The third kappa shape index (κ3) is 2.61. The highest BCUT2D eigenvalue weighted by atomic mass is 32.2. The Hall–Kier alpha value is -0.910. The van der Waals surface area contributed by atoms with Crippen LogP contribution in [0.1, 0.15) is 16.7 Å². The van der Waals surface area contributed by atoms with Crippen molar-refractivity contribution in [1.29, 1.82) is 0 Å². The minimum Gasteiger partial charge on any atom is -0.198 e. The number of hydrogen-bond donors (Lipinski definition) is 1. The van der Waals surface area contributed by atoms with E-state index in [4.69, 9.17) is 0 Å². The first-order valence-corrected chi connectivity index (χ1v) is 6.74. The van der Waals surface area contributed by atoms with Crippen LogP contribution in [0.5, 0.6) is 0 Å². The number of rotatable bonds is 4. The van der Waals surface area contributed by atoms with Crippen molar-refractivity contribution in [2.45, 2.75) is 20.4 Å². The molecule has 1 aromatic rings. The Morgan fingerprint density at radius 3 is 2.62 bits per heavy atom. The van der Waals surface area contributed by atoms with E-state index in [0.29, 0.717) is 19.6 Å². The van der Waals surface area contributed by atoms with Gasteiger partial charge in [-0.2, -0.15) is 17.4 Å². The van der Waals surface area contributed by atoms with Gasteiger partial charge >= 0.3 is 0 Å². The van der Waals surface area contributed by atoms with E-state index in [0.717, 1.165) is 16.7 Å². The van der Waals surface area contributed by atoms with Crippen molar-refractivity contribution < 1.29 is 8.42 Å². The fourth-order valence-electron chi connectivity index (χ4n) is 1.53. The van der Waals surface area contributed by atoms with Gasteiger partial charge in [-0.25, -0.2) is 0 Å². The highest BCUT2D eigenvalue weighted by molar-refractivity contribution is 7.87.